The van der Waals surface area contributed by atoms with E-state index in [-0.39, 0.29) is 28.1 Å². The van der Waals surface area contributed by atoms with Crippen LogP contribution >= 0.6 is 23.2 Å². The molecule has 0 radical (unpaired) electrons. The van der Waals surface area contributed by atoms with E-state index in [1.54, 1.807) is 24.4 Å². The maximum Gasteiger partial charge on any atom is 0.260 e. The van der Waals surface area contributed by atoms with Crippen molar-refractivity contribution in [3.63, 3.8) is 0 Å². The number of carbonyl (C=O) groups is 1. The number of ether oxygens (including phenoxy) is 2. The summed E-state index contributed by atoms with van der Waals surface area (Å²) in [4.78, 5) is 31.1. The molecule has 1 amide bonds. The molecule has 2 N–H and O–H groups in total. The van der Waals surface area contributed by atoms with Crippen molar-refractivity contribution in [1.29, 1.82) is 5.26 Å². The van der Waals surface area contributed by atoms with Gasteiger partial charge < -0.3 is 14.5 Å². The van der Waals surface area contributed by atoms with Crippen molar-refractivity contribution in [2.24, 2.45) is 0 Å². The molecule has 0 atom stereocenters. The lowest BCUT2D eigenvalue weighted by Gasteiger charge is -2.16. The van der Waals surface area contributed by atoms with Crippen molar-refractivity contribution in [1.82, 2.24) is 24.8 Å². The highest BCUT2D eigenvalue weighted by atomic mass is 35.5. The second kappa shape index (κ2) is 10.8. The van der Waals surface area contributed by atoms with Gasteiger partial charge in [0.25, 0.3) is 5.91 Å². The quantitative estimate of drug-likeness (QED) is 0.320. The number of nitrogens with zero attached hydrogens (tertiary/aromatic N) is 5. The van der Waals surface area contributed by atoms with Gasteiger partial charge in [-0.1, -0.05) is 29.3 Å². The Morgan fingerprint density at radius 1 is 1.11 bits per heavy atom. The molecule has 2 aromatic carbocycles. The SMILES string of the molecule is COc1cc(OC)c(Cl)c(-c2ccc(C(=O)Nc3ncc(CN(C)CC#N)[nH]3)c3nccnc23)c1Cl. The number of benzene rings is 2. The number of aromatic amines is 1. The summed E-state index contributed by atoms with van der Waals surface area (Å²) in [7, 11) is 4.79. The van der Waals surface area contributed by atoms with Crippen LogP contribution in [0, 0.1) is 11.3 Å². The fraction of sp³-hybridized carbons (Fsp3) is 0.208. The first-order valence-electron chi connectivity index (χ1n) is 10.6. The number of H-pyrrole nitrogens is 1. The zero-order chi connectivity index (χ0) is 25.8. The monoisotopic (exact) mass is 525 g/mol. The number of hydrogen-bond acceptors (Lipinski definition) is 8. The largest absolute Gasteiger partial charge is 0.495 e. The maximum absolute atomic E-state index is 13.2. The number of imidazole rings is 1. The first-order valence-corrected chi connectivity index (χ1v) is 11.4. The van der Waals surface area contributed by atoms with Crippen molar-refractivity contribution >= 4 is 46.1 Å². The van der Waals surface area contributed by atoms with Gasteiger partial charge in [0.2, 0.25) is 5.95 Å². The van der Waals surface area contributed by atoms with Gasteiger partial charge in [0.05, 0.1) is 59.8 Å². The molecule has 36 heavy (non-hydrogen) atoms. The van der Waals surface area contributed by atoms with Gasteiger partial charge in [0.1, 0.15) is 17.0 Å². The first kappa shape index (κ1) is 25.2. The Balaban J connectivity index is 1.72. The number of amides is 1. The van der Waals surface area contributed by atoms with Gasteiger partial charge >= 0.3 is 0 Å². The highest BCUT2D eigenvalue weighted by molar-refractivity contribution is 6.41. The van der Waals surface area contributed by atoms with Crippen molar-refractivity contribution in [3.05, 3.63) is 58.1 Å². The summed E-state index contributed by atoms with van der Waals surface area (Å²) in [6.07, 6.45) is 4.61. The van der Waals surface area contributed by atoms with Crippen molar-refractivity contribution in [2.75, 3.05) is 33.1 Å². The summed E-state index contributed by atoms with van der Waals surface area (Å²) in [5.74, 6) is 0.588. The number of methoxy groups -OCH3 is 2. The lowest BCUT2D eigenvalue weighted by Crippen LogP contribution is -2.18. The molecular weight excluding hydrogens is 505 g/mol. The van der Waals surface area contributed by atoms with Crippen LogP contribution in [0.25, 0.3) is 22.2 Å². The Labute approximate surface area is 216 Å². The molecule has 0 saturated carbocycles. The second-order valence-electron chi connectivity index (χ2n) is 7.74. The predicted molar refractivity (Wildman–Crippen MR) is 137 cm³/mol. The van der Waals surface area contributed by atoms with Gasteiger partial charge in [-0.2, -0.15) is 5.26 Å². The first-order chi connectivity index (χ1) is 17.4. The number of carbonyl (C=O) groups excluding carboxylic acids is 1. The van der Waals surface area contributed by atoms with E-state index in [2.05, 4.69) is 31.3 Å². The fourth-order valence-electron chi connectivity index (χ4n) is 3.71. The standard InChI is InChI=1S/C24H21Cl2N7O3/c1-33(9-6-27)12-13-11-30-24(31-13)32-23(34)15-5-4-14(21-22(15)29-8-7-28-21)18-19(25)16(35-2)10-17(36-3)20(18)26/h4-5,7-8,10-11H,9,12H2,1-3H3,(H2,30,31,32,34). The number of nitrogens with one attached hydrogen (secondary N) is 2. The Morgan fingerprint density at radius 2 is 1.78 bits per heavy atom. The van der Waals surface area contributed by atoms with Crippen LogP contribution in [0.15, 0.2) is 36.8 Å². The number of fused-ring (bicyclic) bond motifs is 1. The summed E-state index contributed by atoms with van der Waals surface area (Å²) >= 11 is 13.2. The van der Waals surface area contributed by atoms with Crippen molar-refractivity contribution < 1.29 is 14.3 Å². The molecule has 0 aliphatic carbocycles. The number of aromatic nitrogens is 4. The fourth-order valence-corrected chi connectivity index (χ4v) is 4.41. The average molecular weight is 526 g/mol. The van der Waals surface area contributed by atoms with Gasteiger partial charge in [-0.05, 0) is 13.1 Å². The number of anilines is 1. The predicted octanol–water partition coefficient (Wildman–Crippen LogP) is 4.55. The van der Waals surface area contributed by atoms with Gasteiger partial charge in [-0.15, -0.1) is 0 Å². The van der Waals surface area contributed by atoms with E-state index in [0.29, 0.717) is 40.2 Å². The summed E-state index contributed by atoms with van der Waals surface area (Å²) < 4.78 is 10.8. The smallest absolute Gasteiger partial charge is 0.260 e. The summed E-state index contributed by atoms with van der Waals surface area (Å²) in [6, 6.07) is 6.99. The van der Waals surface area contributed by atoms with Crippen LogP contribution in [0.4, 0.5) is 5.95 Å². The number of nitriles is 1. The average Bonchev–Trinajstić information content (AvgIpc) is 3.30. The maximum atomic E-state index is 13.2. The zero-order valence-corrected chi connectivity index (χ0v) is 21.1. The molecule has 0 aliphatic heterocycles. The molecule has 12 heteroatoms. The molecule has 184 valence electrons. The van der Waals surface area contributed by atoms with E-state index in [1.807, 2.05) is 11.9 Å². The minimum atomic E-state index is -0.432. The lowest BCUT2D eigenvalue weighted by atomic mass is 9.99. The molecule has 0 aliphatic rings. The van der Waals surface area contributed by atoms with E-state index in [1.165, 1.54) is 26.6 Å². The topological polar surface area (TPSA) is 129 Å². The summed E-state index contributed by atoms with van der Waals surface area (Å²) in [6.45, 7) is 0.746. The van der Waals surface area contributed by atoms with Crippen LogP contribution in [0.1, 0.15) is 16.1 Å². The Morgan fingerprint density at radius 3 is 2.42 bits per heavy atom. The number of halogens is 2. The lowest BCUT2D eigenvalue weighted by molar-refractivity contribution is 0.102. The van der Waals surface area contributed by atoms with Crippen molar-refractivity contribution in [3.8, 4) is 28.7 Å². The van der Waals surface area contributed by atoms with Crippen LogP contribution in [0.3, 0.4) is 0 Å². The van der Waals surface area contributed by atoms with E-state index < -0.39 is 5.91 Å². The Hall–Kier alpha value is -3.91. The van der Waals surface area contributed by atoms with Crippen LogP contribution < -0.4 is 14.8 Å². The van der Waals surface area contributed by atoms with Crippen LogP contribution in [0.2, 0.25) is 10.0 Å². The van der Waals surface area contributed by atoms with Gasteiger partial charge in [0.15, 0.2) is 0 Å². The molecule has 0 bridgehead atoms. The molecule has 4 rings (SSSR count). The van der Waals surface area contributed by atoms with Gasteiger partial charge in [-0.25, -0.2) is 4.98 Å². The molecule has 2 aromatic heterocycles. The summed E-state index contributed by atoms with van der Waals surface area (Å²) in [5, 5.41) is 12.1. The highest BCUT2D eigenvalue weighted by Gasteiger charge is 2.23. The van der Waals surface area contributed by atoms with E-state index in [4.69, 9.17) is 37.9 Å². The van der Waals surface area contributed by atoms with Crippen LogP contribution in [-0.2, 0) is 6.54 Å². The van der Waals surface area contributed by atoms with Gasteiger partial charge in [0, 0.05) is 36.1 Å². The Kier molecular flexibility index (Phi) is 7.55. The Bertz CT molecular complexity index is 1450. The minimum absolute atomic E-state index is 0.269. The molecule has 0 spiro atoms. The molecule has 0 fully saturated rings. The van der Waals surface area contributed by atoms with Gasteiger partial charge in [-0.3, -0.25) is 25.0 Å². The zero-order valence-electron chi connectivity index (χ0n) is 19.6. The second-order valence-corrected chi connectivity index (χ2v) is 8.50. The van der Waals surface area contributed by atoms with Crippen molar-refractivity contribution in [2.45, 2.75) is 6.54 Å². The van der Waals surface area contributed by atoms with Crippen LogP contribution in [0.5, 0.6) is 11.5 Å². The highest BCUT2D eigenvalue weighted by Crippen LogP contribution is 2.47. The van der Waals surface area contributed by atoms with Crippen LogP contribution in [-0.4, -0.2) is 58.6 Å². The minimum Gasteiger partial charge on any atom is -0.495 e. The molecular formula is C24H21Cl2N7O3. The molecule has 10 nitrogen and oxygen atoms in total. The van der Waals surface area contributed by atoms with E-state index >= 15 is 0 Å². The molecule has 4 aromatic rings. The molecule has 0 unspecified atom stereocenters. The normalized spacial score (nSPS) is 10.9. The number of rotatable bonds is 8. The summed E-state index contributed by atoms with van der Waals surface area (Å²) in [5.41, 5.74) is 2.80. The van der Waals surface area contributed by atoms with E-state index in [9.17, 15) is 4.79 Å². The third kappa shape index (κ3) is 4.90. The number of hydrogen-bond donors (Lipinski definition) is 2. The van der Waals surface area contributed by atoms with E-state index in [0.717, 1.165) is 5.69 Å². The third-order valence-corrected chi connectivity index (χ3v) is 6.10. The third-order valence-electron chi connectivity index (χ3n) is 5.35. The molecule has 2 heterocycles. The molecule has 0 saturated heterocycles.